The van der Waals surface area contributed by atoms with Crippen LogP contribution < -0.4 is 5.32 Å². The second-order valence-corrected chi connectivity index (χ2v) is 6.44. The predicted octanol–water partition coefficient (Wildman–Crippen LogP) is 2.86. The monoisotopic (exact) mass is 288 g/mol. The number of hydrogen-bond donors (Lipinski definition) is 1. The number of amides is 1. The van der Waals surface area contributed by atoms with Crippen LogP contribution in [0.4, 0.5) is 0 Å². The van der Waals surface area contributed by atoms with Gasteiger partial charge in [0.1, 0.15) is 0 Å². The number of carbonyl (C=O) groups excluding carboxylic acids is 1. The fourth-order valence-electron chi connectivity index (χ4n) is 2.98. The van der Waals surface area contributed by atoms with Crippen LogP contribution in [0.25, 0.3) is 10.1 Å². The number of fused-ring (bicyclic) bond motifs is 1. The van der Waals surface area contributed by atoms with E-state index in [0.29, 0.717) is 12.3 Å². The molecule has 3 nitrogen and oxygen atoms in total. The van der Waals surface area contributed by atoms with Crippen molar-refractivity contribution >= 4 is 27.3 Å². The van der Waals surface area contributed by atoms with Crippen LogP contribution in [0.3, 0.4) is 0 Å². The van der Waals surface area contributed by atoms with Gasteiger partial charge in [0, 0.05) is 31.3 Å². The predicted molar refractivity (Wildman–Crippen MR) is 83.9 cm³/mol. The highest BCUT2D eigenvalue weighted by molar-refractivity contribution is 7.17. The molecule has 0 unspecified atom stereocenters. The molecule has 106 valence electrons. The van der Waals surface area contributed by atoms with Crippen molar-refractivity contribution in [2.24, 2.45) is 5.92 Å². The van der Waals surface area contributed by atoms with Crippen molar-refractivity contribution in [3.63, 3.8) is 0 Å². The standard InChI is InChI=1S/C16H20N2OS/c1-17-16(19)8-12-6-7-18(9-12)10-13-11-20-15-5-3-2-4-14(13)15/h2-5,11-12H,6-10H2,1H3,(H,17,19)/t12-/m0/s1. The maximum absolute atomic E-state index is 11.4. The van der Waals surface area contributed by atoms with Gasteiger partial charge in [-0.1, -0.05) is 18.2 Å². The minimum absolute atomic E-state index is 0.165. The van der Waals surface area contributed by atoms with Gasteiger partial charge in [-0.2, -0.15) is 0 Å². The molecule has 2 aromatic rings. The maximum Gasteiger partial charge on any atom is 0.220 e. The lowest BCUT2D eigenvalue weighted by molar-refractivity contribution is -0.121. The number of nitrogens with zero attached hydrogens (tertiary/aromatic N) is 1. The lowest BCUT2D eigenvalue weighted by Crippen LogP contribution is -2.24. The van der Waals surface area contributed by atoms with Gasteiger partial charge in [0.05, 0.1) is 0 Å². The third-order valence-electron chi connectivity index (χ3n) is 4.08. The average Bonchev–Trinajstić information content (AvgIpc) is 3.07. The molecule has 3 rings (SSSR count). The molecule has 1 amide bonds. The molecule has 1 aromatic carbocycles. The highest BCUT2D eigenvalue weighted by atomic mass is 32.1. The van der Waals surface area contributed by atoms with Gasteiger partial charge < -0.3 is 5.32 Å². The van der Waals surface area contributed by atoms with E-state index in [1.807, 2.05) is 11.3 Å². The Bertz CT molecular complexity index is 607. The van der Waals surface area contributed by atoms with Gasteiger partial charge >= 0.3 is 0 Å². The fourth-order valence-corrected chi connectivity index (χ4v) is 3.94. The van der Waals surface area contributed by atoms with Crippen molar-refractivity contribution in [3.8, 4) is 0 Å². The van der Waals surface area contributed by atoms with E-state index in [9.17, 15) is 4.79 Å². The Labute approximate surface area is 123 Å². The first-order chi connectivity index (χ1) is 9.76. The summed E-state index contributed by atoms with van der Waals surface area (Å²) in [5.41, 5.74) is 1.42. The molecule has 0 saturated carbocycles. The molecule has 2 heterocycles. The summed E-state index contributed by atoms with van der Waals surface area (Å²) in [6.45, 7) is 3.15. The summed E-state index contributed by atoms with van der Waals surface area (Å²) in [5, 5.41) is 6.38. The third kappa shape index (κ3) is 2.86. The quantitative estimate of drug-likeness (QED) is 0.938. The van der Waals surface area contributed by atoms with Crippen molar-refractivity contribution in [1.82, 2.24) is 10.2 Å². The summed E-state index contributed by atoms with van der Waals surface area (Å²) < 4.78 is 1.36. The van der Waals surface area contributed by atoms with Crippen LogP contribution in [0.2, 0.25) is 0 Å². The first-order valence-electron chi connectivity index (χ1n) is 7.14. The van der Waals surface area contributed by atoms with Crippen molar-refractivity contribution in [2.45, 2.75) is 19.4 Å². The second-order valence-electron chi connectivity index (χ2n) is 5.52. The molecule has 1 aliphatic heterocycles. The Morgan fingerprint density at radius 3 is 3.15 bits per heavy atom. The molecule has 0 spiro atoms. The number of rotatable bonds is 4. The van der Waals surface area contributed by atoms with Gasteiger partial charge in [0.25, 0.3) is 0 Å². The maximum atomic E-state index is 11.4. The number of carbonyl (C=O) groups is 1. The first-order valence-corrected chi connectivity index (χ1v) is 8.02. The van der Waals surface area contributed by atoms with Crippen LogP contribution in [-0.2, 0) is 11.3 Å². The Morgan fingerprint density at radius 2 is 2.30 bits per heavy atom. The van der Waals surface area contributed by atoms with Gasteiger partial charge in [0.15, 0.2) is 0 Å². The van der Waals surface area contributed by atoms with Crippen molar-refractivity contribution in [1.29, 1.82) is 0 Å². The smallest absolute Gasteiger partial charge is 0.220 e. The highest BCUT2D eigenvalue weighted by Gasteiger charge is 2.24. The van der Waals surface area contributed by atoms with Gasteiger partial charge in [-0.05, 0) is 41.3 Å². The minimum atomic E-state index is 0.165. The van der Waals surface area contributed by atoms with Gasteiger partial charge in [-0.3, -0.25) is 9.69 Å². The number of benzene rings is 1. The van der Waals surface area contributed by atoms with Crippen LogP contribution in [0.5, 0.6) is 0 Å². The van der Waals surface area contributed by atoms with Gasteiger partial charge in [-0.15, -0.1) is 11.3 Å². The zero-order valence-corrected chi connectivity index (χ0v) is 12.6. The summed E-state index contributed by atoms with van der Waals surface area (Å²) in [5.74, 6) is 0.678. The fraction of sp³-hybridized carbons (Fsp3) is 0.438. The molecule has 0 bridgehead atoms. The largest absolute Gasteiger partial charge is 0.359 e. The summed E-state index contributed by atoms with van der Waals surface area (Å²) in [6, 6.07) is 8.59. The van der Waals surface area contributed by atoms with Crippen molar-refractivity contribution in [3.05, 3.63) is 35.2 Å². The zero-order valence-electron chi connectivity index (χ0n) is 11.8. The molecule has 1 atom stereocenters. The molecule has 0 radical (unpaired) electrons. The zero-order chi connectivity index (χ0) is 13.9. The number of likely N-dealkylation sites (tertiary alicyclic amines) is 1. The molecule has 0 aliphatic carbocycles. The van der Waals surface area contributed by atoms with E-state index in [0.717, 1.165) is 26.1 Å². The Morgan fingerprint density at radius 1 is 1.45 bits per heavy atom. The summed E-state index contributed by atoms with van der Waals surface area (Å²) in [6.07, 6.45) is 1.80. The van der Waals surface area contributed by atoms with E-state index >= 15 is 0 Å². The lowest BCUT2D eigenvalue weighted by atomic mass is 10.0. The van der Waals surface area contributed by atoms with E-state index in [1.165, 1.54) is 15.6 Å². The van der Waals surface area contributed by atoms with E-state index in [4.69, 9.17) is 0 Å². The van der Waals surface area contributed by atoms with Crippen molar-refractivity contribution < 1.29 is 4.79 Å². The molecule has 1 saturated heterocycles. The number of nitrogens with one attached hydrogen (secondary N) is 1. The lowest BCUT2D eigenvalue weighted by Gasteiger charge is -2.15. The molecular weight excluding hydrogens is 268 g/mol. The minimum Gasteiger partial charge on any atom is -0.359 e. The second kappa shape index (κ2) is 5.94. The Balaban J connectivity index is 1.63. The number of hydrogen-bond acceptors (Lipinski definition) is 3. The summed E-state index contributed by atoms with van der Waals surface area (Å²) in [7, 11) is 1.71. The first kappa shape index (κ1) is 13.6. The van der Waals surface area contributed by atoms with Crippen LogP contribution in [0.15, 0.2) is 29.6 Å². The van der Waals surface area contributed by atoms with Crippen LogP contribution in [0.1, 0.15) is 18.4 Å². The Hall–Kier alpha value is -1.39. The third-order valence-corrected chi connectivity index (χ3v) is 5.09. The highest BCUT2D eigenvalue weighted by Crippen LogP contribution is 2.28. The van der Waals surface area contributed by atoms with E-state index in [2.05, 4.69) is 39.9 Å². The molecule has 1 N–H and O–H groups in total. The van der Waals surface area contributed by atoms with E-state index < -0.39 is 0 Å². The molecular formula is C16H20N2OS. The molecule has 4 heteroatoms. The average molecular weight is 288 g/mol. The SMILES string of the molecule is CNC(=O)C[C@@H]1CCN(Cc2csc3ccccc23)C1. The molecule has 1 aliphatic rings. The van der Waals surface area contributed by atoms with E-state index in [-0.39, 0.29) is 5.91 Å². The topological polar surface area (TPSA) is 32.3 Å². The molecule has 20 heavy (non-hydrogen) atoms. The van der Waals surface area contributed by atoms with Crippen LogP contribution in [0, 0.1) is 5.92 Å². The van der Waals surface area contributed by atoms with Gasteiger partial charge in [0.2, 0.25) is 5.91 Å². The van der Waals surface area contributed by atoms with E-state index in [1.54, 1.807) is 7.05 Å². The molecule has 1 aromatic heterocycles. The van der Waals surface area contributed by atoms with Crippen molar-refractivity contribution in [2.75, 3.05) is 20.1 Å². The van der Waals surface area contributed by atoms with Crippen LogP contribution in [-0.4, -0.2) is 30.9 Å². The summed E-state index contributed by atoms with van der Waals surface area (Å²) >= 11 is 1.82. The summed E-state index contributed by atoms with van der Waals surface area (Å²) in [4.78, 5) is 13.9. The molecule has 1 fully saturated rings. The van der Waals surface area contributed by atoms with Crippen LogP contribution >= 0.6 is 11.3 Å². The number of thiophene rings is 1. The normalized spacial score (nSPS) is 19.6. The van der Waals surface area contributed by atoms with Gasteiger partial charge in [-0.25, -0.2) is 0 Å². The Kier molecular flexibility index (Phi) is 4.03.